The second-order valence-electron chi connectivity index (χ2n) is 9.31. The van der Waals surface area contributed by atoms with Crippen molar-refractivity contribution in [2.75, 3.05) is 17.1 Å². The highest BCUT2D eigenvalue weighted by molar-refractivity contribution is 6.23. The first-order valence-electron chi connectivity index (χ1n) is 12.6. The Hall–Kier alpha value is -5.02. The molecule has 0 spiro atoms. The van der Waals surface area contributed by atoms with Gasteiger partial charge in [-0.2, -0.15) is 0 Å². The van der Waals surface area contributed by atoms with Crippen molar-refractivity contribution in [3.8, 4) is 11.5 Å². The molecule has 0 aliphatic carbocycles. The number of carbonyl (C=O) groups is 3. The summed E-state index contributed by atoms with van der Waals surface area (Å²) in [5.74, 6) is -2.47. The van der Waals surface area contributed by atoms with Crippen LogP contribution in [0.15, 0.2) is 103 Å². The third kappa shape index (κ3) is 4.36. The monoisotopic (exact) mass is 538 g/mol. The van der Waals surface area contributed by atoms with E-state index in [2.05, 4.69) is 0 Å². The summed E-state index contributed by atoms with van der Waals surface area (Å²) in [5, 5.41) is 1.55. The van der Waals surface area contributed by atoms with E-state index in [9.17, 15) is 18.8 Å². The lowest BCUT2D eigenvalue weighted by molar-refractivity contribution is -0.126. The van der Waals surface area contributed by atoms with E-state index in [4.69, 9.17) is 14.3 Å². The van der Waals surface area contributed by atoms with Gasteiger partial charge in [0.2, 0.25) is 5.91 Å². The molecule has 8 nitrogen and oxygen atoms in total. The molecule has 0 bridgehead atoms. The van der Waals surface area contributed by atoms with Gasteiger partial charge in [-0.05, 0) is 66.2 Å². The number of para-hydroxylation sites is 1. The largest absolute Gasteiger partial charge is 0.493 e. The number of amides is 2. The zero-order valence-electron chi connectivity index (χ0n) is 21.3. The fourth-order valence-corrected chi connectivity index (χ4v) is 5.08. The van der Waals surface area contributed by atoms with Gasteiger partial charge < -0.3 is 9.47 Å². The van der Waals surface area contributed by atoms with Crippen molar-refractivity contribution in [2.45, 2.75) is 12.1 Å². The van der Waals surface area contributed by atoms with E-state index in [1.54, 1.807) is 53.6 Å². The minimum absolute atomic E-state index is 0.198. The molecule has 9 heteroatoms. The van der Waals surface area contributed by atoms with Crippen LogP contribution in [0.2, 0.25) is 0 Å². The number of hydrogen-bond donors (Lipinski definition) is 0. The molecule has 2 aliphatic rings. The highest BCUT2D eigenvalue weighted by Gasteiger charge is 2.60. The maximum absolute atomic E-state index is 13.8. The Kier molecular flexibility index (Phi) is 6.49. The molecule has 2 amide bonds. The molecule has 3 atom stereocenters. The molecule has 4 aromatic carbocycles. The van der Waals surface area contributed by atoms with Crippen LogP contribution in [-0.2, 0) is 14.4 Å². The lowest BCUT2D eigenvalue weighted by atomic mass is 9.90. The normalized spacial score (nSPS) is 20.0. The van der Waals surface area contributed by atoms with Crippen molar-refractivity contribution in [1.82, 2.24) is 0 Å². The number of rotatable bonds is 6. The van der Waals surface area contributed by atoms with Gasteiger partial charge >= 0.3 is 5.97 Å². The topological polar surface area (TPSA) is 85.4 Å². The van der Waals surface area contributed by atoms with Gasteiger partial charge in [0.1, 0.15) is 11.7 Å². The smallest absolute Gasteiger partial charge is 0.343 e. The van der Waals surface area contributed by atoms with Crippen LogP contribution < -0.4 is 19.4 Å². The Balaban J connectivity index is 1.38. The maximum Gasteiger partial charge on any atom is 0.343 e. The molecule has 0 aromatic heterocycles. The second kappa shape index (κ2) is 10.3. The van der Waals surface area contributed by atoms with Crippen molar-refractivity contribution in [3.63, 3.8) is 0 Å². The van der Waals surface area contributed by atoms with Gasteiger partial charge in [-0.15, -0.1) is 0 Å². The van der Waals surface area contributed by atoms with Crippen molar-refractivity contribution in [3.05, 3.63) is 120 Å². The highest BCUT2D eigenvalue weighted by atomic mass is 19.1. The van der Waals surface area contributed by atoms with Crippen molar-refractivity contribution in [1.29, 1.82) is 0 Å². The maximum atomic E-state index is 13.8. The fraction of sp³-hybridized carbons (Fsp3) is 0.129. The Labute approximate surface area is 229 Å². The molecule has 2 saturated heterocycles. The SMILES string of the molecule is COc1cc([C@@H]2[C@H]3C(=O)N(c4ccc(F)cc4)C(=O)[C@H]3ON2c2ccccc2)ccc1OC(=O)c1ccccc1. The van der Waals surface area contributed by atoms with E-state index in [1.165, 1.54) is 31.4 Å². The molecule has 200 valence electrons. The second-order valence-corrected chi connectivity index (χ2v) is 9.31. The number of esters is 1. The molecule has 0 saturated carbocycles. The summed E-state index contributed by atoms with van der Waals surface area (Å²) in [6.45, 7) is 0. The summed E-state index contributed by atoms with van der Waals surface area (Å²) >= 11 is 0. The summed E-state index contributed by atoms with van der Waals surface area (Å²) in [7, 11) is 1.45. The van der Waals surface area contributed by atoms with E-state index in [0.717, 1.165) is 4.90 Å². The van der Waals surface area contributed by atoms with Crippen LogP contribution in [0.3, 0.4) is 0 Å². The molecule has 4 aromatic rings. The summed E-state index contributed by atoms with van der Waals surface area (Å²) in [6, 6.07) is 27.1. The van der Waals surface area contributed by atoms with E-state index in [1.807, 2.05) is 30.3 Å². The number of nitrogens with zero attached hydrogens (tertiary/aromatic N) is 2. The molecule has 0 N–H and O–H groups in total. The van der Waals surface area contributed by atoms with Crippen LogP contribution in [0.1, 0.15) is 22.0 Å². The molecular weight excluding hydrogens is 515 g/mol. The van der Waals surface area contributed by atoms with Crippen molar-refractivity contribution >= 4 is 29.2 Å². The first kappa shape index (κ1) is 25.3. The lowest BCUT2D eigenvalue weighted by Gasteiger charge is -2.29. The predicted molar refractivity (Wildman–Crippen MR) is 143 cm³/mol. The highest BCUT2D eigenvalue weighted by Crippen LogP contribution is 2.48. The van der Waals surface area contributed by atoms with E-state index < -0.39 is 41.7 Å². The van der Waals surface area contributed by atoms with Crippen LogP contribution in [0.5, 0.6) is 11.5 Å². The van der Waals surface area contributed by atoms with E-state index in [-0.39, 0.29) is 17.2 Å². The van der Waals surface area contributed by atoms with Crippen LogP contribution in [-0.4, -0.2) is 31.0 Å². The number of hydrogen-bond acceptors (Lipinski definition) is 7. The van der Waals surface area contributed by atoms with Gasteiger partial charge in [-0.3, -0.25) is 14.4 Å². The zero-order chi connectivity index (χ0) is 27.8. The molecule has 0 radical (unpaired) electrons. The standard InChI is InChI=1S/C31H23FN2O6/c1-38-25-18-20(12-17-24(25)39-31(37)19-8-4-2-5-9-19)27-26-28(40-34(27)23-10-6-3-7-11-23)30(36)33(29(26)35)22-15-13-21(32)14-16-22/h2-18,26-28H,1H3/t26-,27-,28+/m1/s1. The Morgan fingerprint density at radius 3 is 2.15 bits per heavy atom. The summed E-state index contributed by atoms with van der Waals surface area (Å²) < 4.78 is 24.7. The van der Waals surface area contributed by atoms with Gasteiger partial charge in [-0.25, -0.2) is 19.1 Å². The number of imide groups is 1. The molecule has 40 heavy (non-hydrogen) atoms. The van der Waals surface area contributed by atoms with Crippen molar-refractivity contribution < 1.29 is 33.1 Å². The van der Waals surface area contributed by atoms with E-state index in [0.29, 0.717) is 16.8 Å². The molecule has 0 unspecified atom stereocenters. The van der Waals surface area contributed by atoms with Gasteiger partial charge in [0.15, 0.2) is 17.6 Å². The van der Waals surface area contributed by atoms with Gasteiger partial charge in [-0.1, -0.05) is 42.5 Å². The number of hydroxylamine groups is 1. The number of ether oxygens (including phenoxy) is 2. The van der Waals surface area contributed by atoms with Gasteiger partial charge in [0, 0.05) is 0 Å². The minimum Gasteiger partial charge on any atom is -0.493 e. The average Bonchev–Trinajstić information content (AvgIpc) is 3.50. The quantitative estimate of drug-likeness (QED) is 0.192. The zero-order valence-corrected chi connectivity index (χ0v) is 21.3. The molecule has 2 aliphatic heterocycles. The van der Waals surface area contributed by atoms with Crippen molar-refractivity contribution in [2.24, 2.45) is 5.92 Å². The number of anilines is 2. The Bertz CT molecular complexity index is 1580. The van der Waals surface area contributed by atoms with E-state index >= 15 is 0 Å². The van der Waals surface area contributed by atoms with Crippen LogP contribution in [0.4, 0.5) is 15.8 Å². The number of fused-ring (bicyclic) bond motifs is 1. The average molecular weight is 539 g/mol. The third-order valence-electron chi connectivity index (χ3n) is 6.95. The van der Waals surface area contributed by atoms with Gasteiger partial charge in [0.05, 0.1) is 30.1 Å². The van der Waals surface area contributed by atoms with Gasteiger partial charge in [0.25, 0.3) is 5.91 Å². The number of halogens is 1. The van der Waals surface area contributed by atoms with Crippen LogP contribution in [0, 0.1) is 11.7 Å². The summed E-state index contributed by atoms with van der Waals surface area (Å²) in [6.07, 6.45) is -1.09. The first-order valence-corrected chi connectivity index (χ1v) is 12.6. The lowest BCUT2D eigenvalue weighted by Crippen LogP contribution is -2.37. The fourth-order valence-electron chi connectivity index (χ4n) is 5.08. The number of methoxy groups -OCH3 is 1. The molecule has 6 rings (SSSR count). The Morgan fingerprint density at radius 2 is 1.48 bits per heavy atom. The number of carbonyl (C=O) groups excluding carboxylic acids is 3. The molecule has 2 heterocycles. The molecule has 2 fully saturated rings. The first-order chi connectivity index (χ1) is 19.5. The number of benzene rings is 4. The third-order valence-corrected chi connectivity index (χ3v) is 6.95. The summed E-state index contributed by atoms with van der Waals surface area (Å²) in [4.78, 5) is 47.1. The van der Waals surface area contributed by atoms with Crippen LogP contribution >= 0.6 is 0 Å². The Morgan fingerprint density at radius 1 is 0.800 bits per heavy atom. The summed E-state index contributed by atoms with van der Waals surface area (Å²) in [5.41, 5.74) is 1.90. The predicted octanol–water partition coefficient (Wildman–Crippen LogP) is 5.10. The minimum atomic E-state index is -1.09. The molecular formula is C31H23FN2O6. The van der Waals surface area contributed by atoms with Crippen LogP contribution in [0.25, 0.3) is 0 Å².